The molecule has 0 aliphatic rings. The summed E-state index contributed by atoms with van der Waals surface area (Å²) < 4.78 is 25.4. The normalized spacial score (nSPS) is 11.8. The first-order valence-corrected chi connectivity index (χ1v) is 6.84. The van der Waals surface area contributed by atoms with Gasteiger partial charge in [0.1, 0.15) is 0 Å². The van der Waals surface area contributed by atoms with Crippen LogP contribution in [0.4, 0.5) is 11.4 Å². The second-order valence-electron chi connectivity index (χ2n) is 4.13. The highest BCUT2D eigenvalue weighted by molar-refractivity contribution is 7.89. The fourth-order valence-electron chi connectivity index (χ4n) is 1.42. The van der Waals surface area contributed by atoms with E-state index in [1.54, 1.807) is 12.1 Å². The molecule has 0 aromatic heterocycles. The quantitative estimate of drug-likeness (QED) is 0.790. The van der Waals surface area contributed by atoms with Gasteiger partial charge in [0.15, 0.2) is 0 Å². The zero-order chi connectivity index (χ0) is 13.2. The first-order chi connectivity index (χ1) is 7.79. The number of hydrogen-bond acceptors (Lipinski definition) is 4. The van der Waals surface area contributed by atoms with Crippen molar-refractivity contribution >= 4 is 21.4 Å². The Kier molecular flexibility index (Phi) is 4.00. The molecule has 1 rings (SSSR count). The van der Waals surface area contributed by atoms with Crippen molar-refractivity contribution in [1.29, 1.82) is 0 Å². The molecule has 0 bridgehead atoms. The van der Waals surface area contributed by atoms with Crippen LogP contribution >= 0.6 is 0 Å². The Labute approximate surface area is 103 Å². The van der Waals surface area contributed by atoms with Gasteiger partial charge in [0.2, 0.25) is 10.0 Å². The van der Waals surface area contributed by atoms with Gasteiger partial charge >= 0.3 is 0 Å². The lowest BCUT2D eigenvalue weighted by Crippen LogP contribution is -2.26. The van der Waals surface area contributed by atoms with Gasteiger partial charge in [-0.3, -0.25) is 0 Å². The standard InChI is InChI=1S/C11H19N3O2S/c1-8(2)14(4)11-6-5-9(7-10(11)12)17(15,16)13-3/h5-8,13H,12H2,1-4H3. The molecule has 0 spiro atoms. The molecule has 0 heterocycles. The average molecular weight is 257 g/mol. The summed E-state index contributed by atoms with van der Waals surface area (Å²) in [5, 5.41) is 0. The third-order valence-electron chi connectivity index (χ3n) is 2.73. The molecule has 5 nitrogen and oxygen atoms in total. The number of sulfonamides is 1. The SMILES string of the molecule is CNS(=O)(=O)c1ccc(N(C)C(C)C)c(N)c1. The second-order valence-corrected chi connectivity index (χ2v) is 6.02. The maximum atomic E-state index is 11.6. The van der Waals surface area contributed by atoms with Crippen molar-refractivity contribution in [3.05, 3.63) is 18.2 Å². The molecule has 0 saturated heterocycles. The number of anilines is 2. The zero-order valence-corrected chi connectivity index (χ0v) is 11.4. The van der Waals surface area contributed by atoms with Crippen LogP contribution in [0.15, 0.2) is 23.1 Å². The van der Waals surface area contributed by atoms with Crippen LogP contribution in [0, 0.1) is 0 Å². The van der Waals surface area contributed by atoms with Gasteiger partial charge in [0, 0.05) is 13.1 Å². The highest BCUT2D eigenvalue weighted by Crippen LogP contribution is 2.26. The fourth-order valence-corrected chi connectivity index (χ4v) is 2.18. The van der Waals surface area contributed by atoms with E-state index in [0.29, 0.717) is 11.7 Å². The number of benzene rings is 1. The molecule has 0 radical (unpaired) electrons. The molecule has 1 aromatic rings. The van der Waals surface area contributed by atoms with E-state index in [4.69, 9.17) is 5.73 Å². The minimum atomic E-state index is -3.43. The number of nitrogens with one attached hydrogen (secondary N) is 1. The van der Waals surface area contributed by atoms with Gasteiger partial charge in [-0.25, -0.2) is 13.1 Å². The Morgan fingerprint density at radius 1 is 1.35 bits per heavy atom. The predicted octanol–water partition coefficient (Wildman–Crippen LogP) is 1.02. The van der Waals surface area contributed by atoms with Crippen molar-refractivity contribution in [3.8, 4) is 0 Å². The summed E-state index contributed by atoms with van der Waals surface area (Å²) in [5.74, 6) is 0. The first-order valence-electron chi connectivity index (χ1n) is 5.35. The van der Waals surface area contributed by atoms with E-state index < -0.39 is 10.0 Å². The average Bonchev–Trinajstić information content (AvgIpc) is 2.27. The summed E-state index contributed by atoms with van der Waals surface area (Å²) in [5.41, 5.74) is 7.16. The molecular formula is C11H19N3O2S. The highest BCUT2D eigenvalue weighted by atomic mass is 32.2. The minimum absolute atomic E-state index is 0.179. The molecule has 0 atom stereocenters. The summed E-state index contributed by atoms with van der Waals surface area (Å²) >= 11 is 0. The Balaban J connectivity index is 3.20. The Morgan fingerprint density at radius 2 is 1.94 bits per heavy atom. The molecule has 17 heavy (non-hydrogen) atoms. The van der Waals surface area contributed by atoms with Gasteiger partial charge < -0.3 is 10.6 Å². The van der Waals surface area contributed by atoms with E-state index in [0.717, 1.165) is 5.69 Å². The summed E-state index contributed by atoms with van der Waals surface area (Å²) in [6.45, 7) is 4.08. The minimum Gasteiger partial charge on any atom is -0.397 e. The van der Waals surface area contributed by atoms with Crippen LogP contribution in [-0.4, -0.2) is 28.6 Å². The molecular weight excluding hydrogens is 238 g/mol. The molecule has 0 aliphatic heterocycles. The summed E-state index contributed by atoms with van der Waals surface area (Å²) in [6, 6.07) is 5.04. The van der Waals surface area contributed by atoms with E-state index in [1.165, 1.54) is 13.1 Å². The summed E-state index contributed by atoms with van der Waals surface area (Å²) in [4.78, 5) is 2.17. The topological polar surface area (TPSA) is 75.4 Å². The molecule has 6 heteroatoms. The van der Waals surface area contributed by atoms with Crippen LogP contribution < -0.4 is 15.4 Å². The van der Waals surface area contributed by atoms with Crippen LogP contribution in [0.25, 0.3) is 0 Å². The Bertz CT molecular complexity index is 497. The van der Waals surface area contributed by atoms with Crippen LogP contribution in [0.2, 0.25) is 0 Å². The number of nitrogen functional groups attached to an aromatic ring is 1. The van der Waals surface area contributed by atoms with Crippen LogP contribution in [0.5, 0.6) is 0 Å². The van der Waals surface area contributed by atoms with E-state index in [9.17, 15) is 8.42 Å². The van der Waals surface area contributed by atoms with Crippen molar-refractivity contribution in [2.24, 2.45) is 0 Å². The van der Waals surface area contributed by atoms with Crippen molar-refractivity contribution in [2.45, 2.75) is 24.8 Å². The van der Waals surface area contributed by atoms with Crippen LogP contribution in [0.3, 0.4) is 0 Å². The van der Waals surface area contributed by atoms with E-state index >= 15 is 0 Å². The van der Waals surface area contributed by atoms with Crippen molar-refractivity contribution < 1.29 is 8.42 Å². The first kappa shape index (κ1) is 13.8. The van der Waals surface area contributed by atoms with Crippen LogP contribution in [-0.2, 0) is 10.0 Å². The number of nitrogens with two attached hydrogens (primary N) is 1. The number of hydrogen-bond donors (Lipinski definition) is 2. The Morgan fingerprint density at radius 3 is 2.35 bits per heavy atom. The molecule has 0 saturated carbocycles. The molecule has 1 aromatic carbocycles. The maximum Gasteiger partial charge on any atom is 0.240 e. The van der Waals surface area contributed by atoms with Crippen LogP contribution in [0.1, 0.15) is 13.8 Å². The zero-order valence-electron chi connectivity index (χ0n) is 10.6. The number of nitrogens with zero attached hydrogens (tertiary/aromatic N) is 1. The molecule has 0 fully saturated rings. The number of rotatable bonds is 4. The Hall–Kier alpha value is -1.27. The van der Waals surface area contributed by atoms with Gasteiger partial charge in [-0.05, 0) is 39.1 Å². The highest BCUT2D eigenvalue weighted by Gasteiger charge is 2.15. The molecule has 3 N–H and O–H groups in total. The van der Waals surface area contributed by atoms with Gasteiger partial charge in [0.25, 0.3) is 0 Å². The van der Waals surface area contributed by atoms with Gasteiger partial charge in [-0.2, -0.15) is 0 Å². The molecule has 0 aliphatic carbocycles. The monoisotopic (exact) mass is 257 g/mol. The molecule has 0 unspecified atom stereocenters. The predicted molar refractivity (Wildman–Crippen MR) is 70.6 cm³/mol. The van der Waals surface area contributed by atoms with E-state index in [1.807, 2.05) is 25.8 Å². The van der Waals surface area contributed by atoms with Gasteiger partial charge in [-0.1, -0.05) is 0 Å². The summed E-state index contributed by atoms with van der Waals surface area (Å²) in [6.07, 6.45) is 0. The third-order valence-corrected chi connectivity index (χ3v) is 4.14. The summed E-state index contributed by atoms with van der Waals surface area (Å²) in [7, 11) is -0.138. The lowest BCUT2D eigenvalue weighted by molar-refractivity contribution is 0.588. The van der Waals surface area contributed by atoms with E-state index in [-0.39, 0.29) is 4.90 Å². The largest absolute Gasteiger partial charge is 0.397 e. The van der Waals surface area contributed by atoms with Crippen molar-refractivity contribution in [2.75, 3.05) is 24.7 Å². The van der Waals surface area contributed by atoms with Crippen molar-refractivity contribution in [3.63, 3.8) is 0 Å². The fraction of sp³-hybridized carbons (Fsp3) is 0.455. The second kappa shape index (κ2) is 4.93. The van der Waals surface area contributed by atoms with E-state index in [2.05, 4.69) is 4.72 Å². The third kappa shape index (κ3) is 2.89. The molecule has 96 valence electrons. The lowest BCUT2D eigenvalue weighted by atomic mass is 10.2. The lowest BCUT2D eigenvalue weighted by Gasteiger charge is -2.25. The smallest absolute Gasteiger partial charge is 0.240 e. The molecule has 0 amide bonds. The maximum absolute atomic E-state index is 11.6. The van der Waals surface area contributed by atoms with Gasteiger partial charge in [0.05, 0.1) is 16.3 Å². The van der Waals surface area contributed by atoms with Gasteiger partial charge in [-0.15, -0.1) is 0 Å². The van der Waals surface area contributed by atoms with Crippen molar-refractivity contribution in [1.82, 2.24) is 4.72 Å².